The average molecular weight is 942 g/mol. The molecule has 0 radical (unpaired) electrons. The molecule has 66 heavy (non-hydrogen) atoms. The van der Waals surface area contributed by atoms with Crippen molar-refractivity contribution in [3.63, 3.8) is 0 Å². The van der Waals surface area contributed by atoms with E-state index < -0.39 is 86.8 Å². The molecule has 14 heteroatoms. The van der Waals surface area contributed by atoms with Gasteiger partial charge >= 0.3 is 0 Å². The van der Waals surface area contributed by atoms with Gasteiger partial charge in [-0.1, -0.05) is 179 Å². The van der Waals surface area contributed by atoms with E-state index in [1.54, 1.807) is 6.08 Å². The highest BCUT2D eigenvalue weighted by Gasteiger charge is 2.51. The minimum absolute atomic E-state index is 0.254. The molecule has 0 saturated carbocycles. The van der Waals surface area contributed by atoms with Crippen molar-refractivity contribution in [3.05, 3.63) is 36.5 Å². The molecule has 0 aromatic rings. The molecule has 9 N–H and O–H groups in total. The average Bonchev–Trinajstić information content (AvgIpc) is 3.31. The lowest BCUT2D eigenvalue weighted by atomic mass is 9.97. The van der Waals surface area contributed by atoms with E-state index in [0.29, 0.717) is 12.8 Å². The van der Waals surface area contributed by atoms with Crippen LogP contribution in [0.25, 0.3) is 0 Å². The van der Waals surface area contributed by atoms with Crippen molar-refractivity contribution >= 4 is 5.91 Å². The van der Waals surface area contributed by atoms with Gasteiger partial charge in [-0.2, -0.15) is 0 Å². The first-order chi connectivity index (χ1) is 32.1. The predicted octanol–water partition coefficient (Wildman–Crippen LogP) is 7.10. The molecule has 0 bridgehead atoms. The van der Waals surface area contributed by atoms with Gasteiger partial charge in [0, 0.05) is 6.42 Å². The number of unbranched alkanes of at least 4 members (excludes halogenated alkanes) is 23. The van der Waals surface area contributed by atoms with Crippen molar-refractivity contribution in [3.8, 4) is 0 Å². The molecule has 1 amide bonds. The van der Waals surface area contributed by atoms with Crippen LogP contribution in [-0.4, -0.2) is 140 Å². The summed E-state index contributed by atoms with van der Waals surface area (Å²) in [6, 6.07) is -0.933. The van der Waals surface area contributed by atoms with Crippen LogP contribution in [0.1, 0.15) is 194 Å². The summed E-state index contributed by atoms with van der Waals surface area (Å²) < 4.78 is 22.7. The Morgan fingerprint density at radius 2 is 0.970 bits per heavy atom. The first kappa shape index (κ1) is 60.3. The van der Waals surface area contributed by atoms with E-state index in [1.807, 2.05) is 6.08 Å². The topological polar surface area (TPSA) is 228 Å². The molecule has 12 atom stereocenters. The third kappa shape index (κ3) is 25.7. The van der Waals surface area contributed by atoms with Gasteiger partial charge in [-0.15, -0.1) is 0 Å². The maximum Gasteiger partial charge on any atom is 0.220 e. The number of hydrogen-bond donors (Lipinski definition) is 9. The Balaban J connectivity index is 1.86. The van der Waals surface area contributed by atoms with Crippen LogP contribution < -0.4 is 5.32 Å². The quantitative estimate of drug-likeness (QED) is 0.0221. The number of ether oxygens (including phenoxy) is 4. The van der Waals surface area contributed by atoms with Gasteiger partial charge in [-0.25, -0.2) is 0 Å². The van der Waals surface area contributed by atoms with Crippen molar-refractivity contribution in [1.82, 2.24) is 5.32 Å². The maximum atomic E-state index is 13.2. The molecule has 12 unspecified atom stereocenters. The van der Waals surface area contributed by atoms with Crippen LogP contribution in [0.2, 0.25) is 0 Å². The third-order valence-electron chi connectivity index (χ3n) is 12.8. The monoisotopic (exact) mass is 942 g/mol. The van der Waals surface area contributed by atoms with Gasteiger partial charge in [0.25, 0.3) is 0 Å². The van der Waals surface area contributed by atoms with E-state index in [4.69, 9.17) is 18.9 Å². The lowest BCUT2D eigenvalue weighted by molar-refractivity contribution is -0.359. The molecule has 0 spiro atoms. The summed E-state index contributed by atoms with van der Waals surface area (Å²) in [6.45, 7) is 2.75. The van der Waals surface area contributed by atoms with E-state index in [9.17, 15) is 45.6 Å². The van der Waals surface area contributed by atoms with Crippen LogP contribution in [0.15, 0.2) is 36.5 Å². The second-order valence-corrected chi connectivity index (χ2v) is 18.6. The molecular weight excluding hydrogens is 847 g/mol. The minimum atomic E-state index is -1.79. The second kappa shape index (κ2) is 39.0. The van der Waals surface area contributed by atoms with E-state index in [-0.39, 0.29) is 18.9 Å². The predicted molar refractivity (Wildman–Crippen MR) is 258 cm³/mol. The van der Waals surface area contributed by atoms with Crippen molar-refractivity contribution in [2.45, 2.75) is 267 Å². The zero-order chi connectivity index (χ0) is 48.2. The third-order valence-corrected chi connectivity index (χ3v) is 12.8. The molecule has 2 saturated heterocycles. The molecule has 0 aromatic heterocycles. The molecule has 2 fully saturated rings. The largest absolute Gasteiger partial charge is 0.394 e. The SMILES string of the molecule is CCCCCCCCCCC/C=C/CC/C=C/CC/C=C/C(O)C(COC1OC(CO)C(OC2OC(CO)C(O)C(O)C2O)C(O)C1O)NC(=O)CCCCCCCCCCCCCCC. The van der Waals surface area contributed by atoms with Crippen LogP contribution in [0.5, 0.6) is 0 Å². The van der Waals surface area contributed by atoms with Gasteiger partial charge in [-0.05, 0) is 44.9 Å². The summed E-state index contributed by atoms with van der Waals surface area (Å²) in [6.07, 6.45) is 27.6. The summed E-state index contributed by atoms with van der Waals surface area (Å²) >= 11 is 0. The first-order valence-electron chi connectivity index (χ1n) is 26.2. The highest BCUT2D eigenvalue weighted by atomic mass is 16.7. The number of amides is 1. The standard InChI is InChI=1S/C52H95NO13/c1-3-5-7-9-11-13-15-17-18-19-20-21-22-24-25-27-29-31-33-35-41(56)40(53-44(57)36-34-32-30-28-26-23-16-14-12-10-8-6-4-2)39-63-51-49(62)47(60)50(43(38-55)65-51)66-52-48(61)46(59)45(58)42(37-54)64-52/h20-21,25,27,33,35,40-43,45-52,54-56,58-62H,3-19,22-24,26,28-32,34,36-39H2,1-2H3,(H,53,57)/b21-20+,27-25+,35-33+. The fraction of sp³-hybridized carbons (Fsp3) is 0.865. The molecule has 386 valence electrons. The number of carbonyl (C=O) groups excluding carboxylic acids is 1. The van der Waals surface area contributed by atoms with Gasteiger partial charge in [0.05, 0.1) is 32.0 Å². The second-order valence-electron chi connectivity index (χ2n) is 18.6. The van der Waals surface area contributed by atoms with E-state index in [2.05, 4.69) is 43.5 Å². The Hall–Kier alpha value is -1.79. The van der Waals surface area contributed by atoms with E-state index in [1.165, 1.54) is 116 Å². The lowest BCUT2D eigenvalue weighted by Gasteiger charge is -2.46. The Kier molecular flexibility index (Phi) is 35.6. The molecule has 2 heterocycles. The maximum absolute atomic E-state index is 13.2. The van der Waals surface area contributed by atoms with Crippen molar-refractivity contribution < 1.29 is 64.6 Å². The van der Waals surface area contributed by atoms with Gasteiger partial charge in [-0.3, -0.25) is 4.79 Å². The number of rotatable bonds is 40. The molecule has 2 aliphatic heterocycles. The molecule has 14 nitrogen and oxygen atoms in total. The summed E-state index contributed by atoms with van der Waals surface area (Å²) in [5, 5.41) is 86.7. The van der Waals surface area contributed by atoms with Gasteiger partial charge in [0.15, 0.2) is 12.6 Å². The molecule has 2 aliphatic rings. The van der Waals surface area contributed by atoms with E-state index in [0.717, 1.165) is 44.9 Å². The zero-order valence-corrected chi connectivity index (χ0v) is 40.9. The normalized spacial score (nSPS) is 27.1. The Bertz CT molecular complexity index is 1250. The van der Waals surface area contributed by atoms with Crippen molar-refractivity contribution in [1.29, 1.82) is 0 Å². The van der Waals surface area contributed by atoms with E-state index >= 15 is 0 Å². The fourth-order valence-electron chi connectivity index (χ4n) is 8.50. The number of allylic oxidation sites excluding steroid dienone is 5. The zero-order valence-electron chi connectivity index (χ0n) is 40.9. The lowest BCUT2D eigenvalue weighted by Crippen LogP contribution is -2.65. The number of aliphatic hydroxyl groups is 8. The Morgan fingerprint density at radius 3 is 1.48 bits per heavy atom. The Labute approximate surface area is 398 Å². The van der Waals surface area contributed by atoms with Crippen molar-refractivity contribution in [2.75, 3.05) is 19.8 Å². The summed E-state index contributed by atoms with van der Waals surface area (Å²) in [4.78, 5) is 13.2. The van der Waals surface area contributed by atoms with Crippen molar-refractivity contribution in [2.24, 2.45) is 0 Å². The number of carbonyl (C=O) groups is 1. The molecular formula is C52H95NO13. The highest BCUT2D eigenvalue weighted by Crippen LogP contribution is 2.30. The van der Waals surface area contributed by atoms with Crippen LogP contribution in [-0.2, 0) is 23.7 Å². The van der Waals surface area contributed by atoms with Crippen LogP contribution in [0, 0.1) is 0 Å². The smallest absolute Gasteiger partial charge is 0.220 e. The summed E-state index contributed by atoms with van der Waals surface area (Å²) in [5.74, 6) is -0.254. The fourth-order valence-corrected chi connectivity index (χ4v) is 8.50. The first-order valence-corrected chi connectivity index (χ1v) is 26.2. The number of aliphatic hydroxyl groups excluding tert-OH is 8. The molecule has 0 aromatic carbocycles. The highest BCUT2D eigenvalue weighted by molar-refractivity contribution is 5.76. The molecule has 0 aliphatic carbocycles. The van der Waals surface area contributed by atoms with Gasteiger partial charge < -0.3 is 65.1 Å². The molecule has 2 rings (SSSR count). The minimum Gasteiger partial charge on any atom is -0.394 e. The van der Waals surface area contributed by atoms with Crippen LogP contribution in [0.4, 0.5) is 0 Å². The van der Waals surface area contributed by atoms with Crippen LogP contribution in [0.3, 0.4) is 0 Å². The van der Waals surface area contributed by atoms with Gasteiger partial charge in [0.1, 0.15) is 48.8 Å². The summed E-state index contributed by atoms with van der Waals surface area (Å²) in [5.41, 5.74) is 0. The summed E-state index contributed by atoms with van der Waals surface area (Å²) in [7, 11) is 0. The number of hydrogen-bond acceptors (Lipinski definition) is 13. The number of nitrogens with one attached hydrogen (secondary N) is 1. The Morgan fingerprint density at radius 1 is 0.530 bits per heavy atom. The van der Waals surface area contributed by atoms with Crippen LogP contribution >= 0.6 is 0 Å². The van der Waals surface area contributed by atoms with Gasteiger partial charge in [0.2, 0.25) is 5.91 Å².